The first kappa shape index (κ1) is 15.7. The van der Waals surface area contributed by atoms with E-state index in [-0.39, 0.29) is 5.91 Å². The van der Waals surface area contributed by atoms with Crippen LogP contribution in [0.1, 0.15) is 20.8 Å². The number of nitrogens with one attached hydrogen (secondary N) is 1. The van der Waals surface area contributed by atoms with Crippen molar-refractivity contribution >= 4 is 28.5 Å². The number of carbonyl (C=O) groups is 1. The topological polar surface area (TPSA) is 53.9 Å². The average Bonchev–Trinajstić information content (AvgIpc) is 3.05. The van der Waals surface area contributed by atoms with Crippen molar-refractivity contribution in [1.82, 2.24) is 5.43 Å². The highest BCUT2D eigenvalue weighted by molar-refractivity contribution is 7.17. The van der Waals surface area contributed by atoms with Crippen LogP contribution in [0.5, 0.6) is 0 Å². The van der Waals surface area contributed by atoms with Gasteiger partial charge in [-0.15, -0.1) is 11.3 Å². The molecule has 0 bridgehead atoms. The van der Waals surface area contributed by atoms with Gasteiger partial charge in [0.15, 0.2) is 0 Å². The molecule has 1 aliphatic rings. The number of thiophene rings is 1. The van der Waals surface area contributed by atoms with Crippen LogP contribution >= 0.6 is 11.3 Å². The van der Waals surface area contributed by atoms with Crippen molar-refractivity contribution in [1.29, 1.82) is 0 Å². The van der Waals surface area contributed by atoms with E-state index in [1.807, 2.05) is 25.1 Å². The summed E-state index contributed by atoms with van der Waals surface area (Å²) in [6, 6.07) is 11.5. The molecule has 1 aromatic carbocycles. The summed E-state index contributed by atoms with van der Waals surface area (Å²) in [6.45, 7) is 5.37. The van der Waals surface area contributed by atoms with Crippen LogP contribution in [0.4, 0.5) is 5.00 Å². The van der Waals surface area contributed by atoms with E-state index in [0.717, 1.165) is 36.7 Å². The molecule has 0 aliphatic carbocycles. The molecule has 0 spiro atoms. The molecule has 0 radical (unpaired) electrons. The zero-order valence-electron chi connectivity index (χ0n) is 13.0. The SMILES string of the molecule is Cc1ccc(C(=O)N/N=C\c2ccc(N3CCOCC3)s2)cc1. The third-order valence-corrected chi connectivity index (χ3v) is 4.69. The second-order valence-corrected chi connectivity index (χ2v) is 6.43. The lowest BCUT2D eigenvalue weighted by molar-refractivity contribution is 0.0955. The zero-order chi connectivity index (χ0) is 16.1. The molecule has 2 heterocycles. The second-order valence-electron chi connectivity index (χ2n) is 5.34. The van der Waals surface area contributed by atoms with Crippen LogP contribution in [0, 0.1) is 6.92 Å². The van der Waals surface area contributed by atoms with E-state index < -0.39 is 0 Å². The summed E-state index contributed by atoms with van der Waals surface area (Å²) in [5.74, 6) is -0.203. The third kappa shape index (κ3) is 4.18. The molecular weight excluding hydrogens is 310 g/mol. The number of hydrogen-bond acceptors (Lipinski definition) is 5. The minimum atomic E-state index is -0.203. The molecule has 5 nitrogen and oxygen atoms in total. The quantitative estimate of drug-likeness (QED) is 0.693. The molecule has 1 fully saturated rings. The van der Waals surface area contributed by atoms with Crippen molar-refractivity contribution in [2.24, 2.45) is 5.10 Å². The van der Waals surface area contributed by atoms with Gasteiger partial charge in [-0.25, -0.2) is 5.43 Å². The van der Waals surface area contributed by atoms with E-state index in [2.05, 4.69) is 21.5 Å². The number of hydrogen-bond donors (Lipinski definition) is 1. The molecular formula is C17H19N3O2S. The van der Waals surface area contributed by atoms with Gasteiger partial charge in [0.1, 0.15) is 0 Å². The smallest absolute Gasteiger partial charge is 0.271 e. The molecule has 0 atom stereocenters. The number of ether oxygens (including phenoxy) is 1. The second kappa shape index (κ2) is 7.39. The fraction of sp³-hybridized carbons (Fsp3) is 0.294. The molecule has 23 heavy (non-hydrogen) atoms. The lowest BCUT2D eigenvalue weighted by atomic mass is 10.1. The van der Waals surface area contributed by atoms with Gasteiger partial charge in [-0.2, -0.15) is 5.10 Å². The average molecular weight is 329 g/mol. The Bertz CT molecular complexity index is 688. The lowest BCUT2D eigenvalue weighted by Crippen LogP contribution is -2.35. The lowest BCUT2D eigenvalue weighted by Gasteiger charge is -2.27. The van der Waals surface area contributed by atoms with Gasteiger partial charge >= 0.3 is 0 Å². The highest BCUT2D eigenvalue weighted by Gasteiger charge is 2.12. The molecule has 1 amide bonds. The maximum atomic E-state index is 12.0. The Morgan fingerprint density at radius 2 is 1.96 bits per heavy atom. The van der Waals surface area contributed by atoms with Gasteiger partial charge in [0.05, 0.1) is 24.4 Å². The third-order valence-electron chi connectivity index (χ3n) is 3.61. The molecule has 6 heteroatoms. The van der Waals surface area contributed by atoms with Crippen LogP contribution in [0.2, 0.25) is 0 Å². The van der Waals surface area contributed by atoms with Crippen LogP contribution in [0.15, 0.2) is 41.5 Å². The Morgan fingerprint density at radius 3 is 2.70 bits per heavy atom. The first-order valence-corrected chi connectivity index (χ1v) is 8.36. The van der Waals surface area contributed by atoms with E-state index in [4.69, 9.17) is 4.74 Å². The fourth-order valence-electron chi connectivity index (χ4n) is 2.29. The summed E-state index contributed by atoms with van der Waals surface area (Å²) in [7, 11) is 0. The summed E-state index contributed by atoms with van der Waals surface area (Å²) < 4.78 is 5.36. The monoisotopic (exact) mass is 329 g/mol. The normalized spacial score (nSPS) is 15.1. The predicted octanol–water partition coefficient (Wildman–Crippen LogP) is 2.66. The number of anilines is 1. The molecule has 1 aliphatic heterocycles. The summed E-state index contributed by atoms with van der Waals surface area (Å²) in [6.07, 6.45) is 1.68. The maximum Gasteiger partial charge on any atom is 0.271 e. The molecule has 0 unspecified atom stereocenters. The molecule has 2 aromatic rings. The van der Waals surface area contributed by atoms with E-state index in [0.29, 0.717) is 5.56 Å². The molecule has 1 N–H and O–H groups in total. The van der Waals surface area contributed by atoms with Crippen LogP contribution in [0.3, 0.4) is 0 Å². The largest absolute Gasteiger partial charge is 0.378 e. The Labute approximate surface area is 139 Å². The van der Waals surface area contributed by atoms with E-state index in [1.165, 1.54) is 5.00 Å². The van der Waals surface area contributed by atoms with Gasteiger partial charge in [0, 0.05) is 23.5 Å². The number of amides is 1. The Hall–Kier alpha value is -2.18. The van der Waals surface area contributed by atoms with Crippen LogP contribution < -0.4 is 10.3 Å². The van der Waals surface area contributed by atoms with Crippen LogP contribution in [0.25, 0.3) is 0 Å². The van der Waals surface area contributed by atoms with E-state index >= 15 is 0 Å². The van der Waals surface area contributed by atoms with Gasteiger partial charge in [-0.3, -0.25) is 4.79 Å². The van der Waals surface area contributed by atoms with E-state index in [9.17, 15) is 4.79 Å². The Morgan fingerprint density at radius 1 is 1.22 bits per heavy atom. The van der Waals surface area contributed by atoms with Crippen molar-refractivity contribution in [3.8, 4) is 0 Å². The number of hydrazone groups is 1. The predicted molar refractivity (Wildman–Crippen MR) is 93.6 cm³/mol. The van der Waals surface area contributed by atoms with Crippen molar-refractivity contribution in [2.45, 2.75) is 6.92 Å². The number of rotatable bonds is 4. The number of nitrogens with zero attached hydrogens (tertiary/aromatic N) is 2. The minimum Gasteiger partial charge on any atom is -0.378 e. The zero-order valence-corrected chi connectivity index (χ0v) is 13.8. The van der Waals surface area contributed by atoms with Crippen LogP contribution in [-0.4, -0.2) is 38.4 Å². The molecule has 0 saturated carbocycles. The van der Waals surface area contributed by atoms with Gasteiger partial charge < -0.3 is 9.64 Å². The van der Waals surface area contributed by atoms with Crippen molar-refractivity contribution < 1.29 is 9.53 Å². The molecule has 120 valence electrons. The van der Waals surface area contributed by atoms with Crippen molar-refractivity contribution in [3.63, 3.8) is 0 Å². The van der Waals surface area contributed by atoms with Gasteiger partial charge in [-0.1, -0.05) is 17.7 Å². The highest BCUT2D eigenvalue weighted by atomic mass is 32.1. The van der Waals surface area contributed by atoms with Gasteiger partial charge in [-0.05, 0) is 31.2 Å². The summed E-state index contributed by atoms with van der Waals surface area (Å²) >= 11 is 1.66. The van der Waals surface area contributed by atoms with Gasteiger partial charge in [0.25, 0.3) is 5.91 Å². The molecule has 1 aromatic heterocycles. The maximum absolute atomic E-state index is 12.0. The Balaban J connectivity index is 1.56. The van der Waals surface area contributed by atoms with Crippen molar-refractivity contribution in [2.75, 3.05) is 31.2 Å². The first-order valence-electron chi connectivity index (χ1n) is 7.55. The van der Waals surface area contributed by atoms with Crippen molar-refractivity contribution in [3.05, 3.63) is 52.4 Å². The van der Waals surface area contributed by atoms with E-state index in [1.54, 1.807) is 29.7 Å². The summed E-state index contributed by atoms with van der Waals surface area (Å²) in [4.78, 5) is 15.3. The standard InChI is InChI=1S/C17H19N3O2S/c1-13-2-4-14(5-3-13)17(21)19-18-12-15-6-7-16(23-15)20-8-10-22-11-9-20/h2-7,12H,8-11H2,1H3,(H,19,21)/b18-12-. The minimum absolute atomic E-state index is 0.203. The number of morpholine rings is 1. The van der Waals surface area contributed by atoms with Gasteiger partial charge in [0.2, 0.25) is 0 Å². The summed E-state index contributed by atoms with van der Waals surface area (Å²) in [5.41, 5.74) is 4.29. The molecule has 3 rings (SSSR count). The van der Waals surface area contributed by atoms with Crippen LogP contribution in [-0.2, 0) is 4.74 Å². The first-order chi connectivity index (χ1) is 11.2. The fourth-order valence-corrected chi connectivity index (χ4v) is 3.22. The number of benzene rings is 1. The summed E-state index contributed by atoms with van der Waals surface area (Å²) in [5, 5.41) is 5.25. The number of aryl methyl sites for hydroxylation is 1. The molecule has 1 saturated heterocycles. The highest BCUT2D eigenvalue weighted by Crippen LogP contribution is 2.25. The number of carbonyl (C=O) groups excluding carboxylic acids is 1. The Kier molecular flexibility index (Phi) is 5.05.